The van der Waals surface area contributed by atoms with Crippen molar-refractivity contribution in [1.29, 1.82) is 0 Å². The smallest absolute Gasteiger partial charge is 0.407 e. The third kappa shape index (κ3) is 2.39. The third-order valence-electron chi connectivity index (χ3n) is 3.19. The van der Waals surface area contributed by atoms with E-state index in [0.717, 1.165) is 4.90 Å². The molecule has 0 aromatic heterocycles. The van der Waals surface area contributed by atoms with E-state index >= 15 is 0 Å². The van der Waals surface area contributed by atoms with E-state index in [4.69, 9.17) is 5.11 Å². The first-order valence-corrected chi connectivity index (χ1v) is 5.62. The van der Waals surface area contributed by atoms with Crippen molar-refractivity contribution < 1.29 is 25.2 Å². The van der Waals surface area contributed by atoms with Crippen LogP contribution < -0.4 is 0 Å². The summed E-state index contributed by atoms with van der Waals surface area (Å²) < 4.78 is 0. The molecule has 1 aliphatic heterocycles. The number of likely N-dealkylation sites (tertiary alicyclic amines) is 1. The molecule has 0 saturated carbocycles. The normalized spacial score (nSPS) is 28.1. The Kier molecular flexibility index (Phi) is 3.40. The van der Waals surface area contributed by atoms with Gasteiger partial charge in [-0.15, -0.1) is 0 Å². The number of β-amino-alcohol motifs (C(OH)–C–C–N with tert-alkyl or cyclic N) is 2. The number of phenols is 1. The second-order valence-electron chi connectivity index (χ2n) is 4.44. The summed E-state index contributed by atoms with van der Waals surface area (Å²) in [5.74, 6) is -0.438. The van der Waals surface area contributed by atoms with Gasteiger partial charge in [0.05, 0.1) is 25.3 Å². The van der Waals surface area contributed by atoms with Crippen LogP contribution in [0.3, 0.4) is 0 Å². The highest BCUT2D eigenvalue weighted by Gasteiger charge is 2.37. The summed E-state index contributed by atoms with van der Waals surface area (Å²) in [4.78, 5) is 11.8. The number of hydrogen-bond donors (Lipinski definition) is 4. The van der Waals surface area contributed by atoms with Crippen molar-refractivity contribution >= 4 is 6.09 Å². The highest BCUT2D eigenvalue weighted by Crippen LogP contribution is 2.29. The number of aliphatic hydroxyl groups is 2. The van der Waals surface area contributed by atoms with Crippen molar-refractivity contribution in [3.8, 4) is 5.75 Å². The van der Waals surface area contributed by atoms with Crippen molar-refractivity contribution in [3.05, 3.63) is 29.8 Å². The van der Waals surface area contributed by atoms with Crippen LogP contribution in [0, 0.1) is 0 Å². The summed E-state index contributed by atoms with van der Waals surface area (Å²) in [5.41, 5.74) is 0.679. The second kappa shape index (κ2) is 4.83. The molecule has 1 unspecified atom stereocenters. The highest BCUT2D eigenvalue weighted by molar-refractivity contribution is 5.65. The summed E-state index contributed by atoms with van der Waals surface area (Å²) in [6, 6.07) is 6.17. The number of nitrogens with zero attached hydrogens (tertiary/aromatic N) is 1. The van der Waals surface area contributed by atoms with E-state index in [9.17, 15) is 20.1 Å². The van der Waals surface area contributed by atoms with E-state index in [2.05, 4.69) is 0 Å². The van der Waals surface area contributed by atoms with Crippen LogP contribution in [0.2, 0.25) is 0 Å². The number of carbonyl (C=O) groups is 1. The largest absolute Gasteiger partial charge is 0.508 e. The standard InChI is InChI=1S/C12H15NO5/c14-8-3-1-7(2-4-8)11-9(15)5-13(12(17)18)6-10(11)16/h1-4,9-11,14-16H,5-6H2,(H,17,18)/t9-,10+,11?. The molecule has 0 spiro atoms. The number of hydrogen-bond acceptors (Lipinski definition) is 4. The summed E-state index contributed by atoms with van der Waals surface area (Å²) in [6.07, 6.45) is -3.08. The number of benzene rings is 1. The zero-order valence-corrected chi connectivity index (χ0v) is 9.60. The van der Waals surface area contributed by atoms with Crippen molar-refractivity contribution in [2.75, 3.05) is 13.1 Å². The SMILES string of the molecule is O=C(O)N1C[C@@H](O)C(c2ccc(O)cc2)[C@@H](O)C1. The maximum absolute atomic E-state index is 10.8. The summed E-state index contributed by atoms with van der Waals surface area (Å²) in [6.45, 7) is -0.0596. The molecule has 1 amide bonds. The Balaban J connectivity index is 2.19. The minimum atomic E-state index is -1.16. The maximum Gasteiger partial charge on any atom is 0.407 e. The van der Waals surface area contributed by atoms with Crippen LogP contribution in [-0.2, 0) is 0 Å². The molecule has 6 nitrogen and oxygen atoms in total. The van der Waals surface area contributed by atoms with Crippen LogP contribution in [0.1, 0.15) is 11.5 Å². The Labute approximate surface area is 104 Å². The molecule has 0 bridgehead atoms. The molecular weight excluding hydrogens is 238 g/mol. The number of piperidine rings is 1. The van der Waals surface area contributed by atoms with Gasteiger partial charge in [0.1, 0.15) is 5.75 Å². The van der Waals surface area contributed by atoms with E-state index in [-0.39, 0.29) is 18.8 Å². The molecule has 98 valence electrons. The Morgan fingerprint density at radius 2 is 1.61 bits per heavy atom. The fraction of sp³-hybridized carbons (Fsp3) is 0.417. The van der Waals surface area contributed by atoms with E-state index in [0.29, 0.717) is 5.56 Å². The average molecular weight is 253 g/mol. The van der Waals surface area contributed by atoms with Gasteiger partial charge in [-0.05, 0) is 17.7 Å². The predicted molar refractivity (Wildman–Crippen MR) is 62.5 cm³/mol. The zero-order chi connectivity index (χ0) is 13.3. The lowest BCUT2D eigenvalue weighted by Crippen LogP contribution is -2.52. The fourth-order valence-corrected chi connectivity index (χ4v) is 2.31. The van der Waals surface area contributed by atoms with Crippen LogP contribution in [-0.4, -0.2) is 56.7 Å². The van der Waals surface area contributed by atoms with Crippen LogP contribution in [0.5, 0.6) is 5.75 Å². The van der Waals surface area contributed by atoms with Gasteiger partial charge in [-0.2, -0.15) is 0 Å². The van der Waals surface area contributed by atoms with Gasteiger partial charge in [0.25, 0.3) is 0 Å². The molecule has 1 aromatic rings. The molecule has 1 fully saturated rings. The van der Waals surface area contributed by atoms with Crippen LogP contribution in [0.15, 0.2) is 24.3 Å². The van der Waals surface area contributed by atoms with Crippen molar-refractivity contribution in [1.82, 2.24) is 4.90 Å². The lowest BCUT2D eigenvalue weighted by molar-refractivity contribution is -0.0229. The summed E-state index contributed by atoms with van der Waals surface area (Å²) >= 11 is 0. The van der Waals surface area contributed by atoms with Gasteiger partial charge in [-0.25, -0.2) is 4.79 Å². The van der Waals surface area contributed by atoms with Gasteiger partial charge < -0.3 is 25.3 Å². The number of aliphatic hydroxyl groups excluding tert-OH is 2. The van der Waals surface area contributed by atoms with Gasteiger partial charge in [0.15, 0.2) is 0 Å². The fourth-order valence-electron chi connectivity index (χ4n) is 2.31. The Morgan fingerprint density at radius 3 is 2.06 bits per heavy atom. The quantitative estimate of drug-likeness (QED) is 0.572. The van der Waals surface area contributed by atoms with Crippen LogP contribution in [0.4, 0.5) is 4.79 Å². The van der Waals surface area contributed by atoms with Gasteiger partial charge in [0.2, 0.25) is 0 Å². The molecule has 1 aromatic carbocycles. The highest BCUT2D eigenvalue weighted by atomic mass is 16.4. The second-order valence-corrected chi connectivity index (χ2v) is 4.44. The van der Waals surface area contributed by atoms with Crippen molar-refractivity contribution in [2.24, 2.45) is 0 Å². The summed E-state index contributed by atoms with van der Waals surface area (Å²) in [7, 11) is 0. The number of amides is 1. The Hall–Kier alpha value is -1.79. The van der Waals surface area contributed by atoms with Gasteiger partial charge in [0, 0.05) is 5.92 Å². The monoisotopic (exact) mass is 253 g/mol. The lowest BCUT2D eigenvalue weighted by atomic mass is 9.85. The van der Waals surface area contributed by atoms with E-state index in [1.54, 1.807) is 12.1 Å². The topological polar surface area (TPSA) is 101 Å². The first-order chi connectivity index (χ1) is 8.49. The zero-order valence-electron chi connectivity index (χ0n) is 9.60. The molecule has 1 saturated heterocycles. The minimum Gasteiger partial charge on any atom is -0.508 e. The molecule has 6 heteroatoms. The summed E-state index contributed by atoms with van der Waals surface area (Å²) in [5, 5.41) is 37.9. The van der Waals surface area contributed by atoms with Gasteiger partial charge >= 0.3 is 6.09 Å². The third-order valence-corrected chi connectivity index (χ3v) is 3.19. The molecule has 3 atom stereocenters. The number of carboxylic acid groups (broad SMARTS) is 1. The molecule has 2 rings (SSSR count). The lowest BCUT2D eigenvalue weighted by Gasteiger charge is -2.38. The first-order valence-electron chi connectivity index (χ1n) is 5.62. The van der Waals surface area contributed by atoms with Crippen LogP contribution in [0.25, 0.3) is 0 Å². The van der Waals surface area contributed by atoms with E-state index < -0.39 is 24.2 Å². The van der Waals surface area contributed by atoms with Gasteiger partial charge in [-0.3, -0.25) is 0 Å². The minimum absolute atomic E-state index is 0.0298. The van der Waals surface area contributed by atoms with Crippen molar-refractivity contribution in [3.63, 3.8) is 0 Å². The first kappa shape index (κ1) is 12.7. The van der Waals surface area contributed by atoms with Crippen LogP contribution >= 0.6 is 0 Å². The molecule has 18 heavy (non-hydrogen) atoms. The molecule has 4 N–H and O–H groups in total. The van der Waals surface area contributed by atoms with Gasteiger partial charge in [-0.1, -0.05) is 12.1 Å². The molecular formula is C12H15NO5. The number of aromatic hydroxyl groups is 1. The number of phenolic OH excluding ortho intramolecular Hbond substituents is 1. The van der Waals surface area contributed by atoms with E-state index in [1.165, 1.54) is 12.1 Å². The number of rotatable bonds is 1. The Bertz CT molecular complexity index is 421. The maximum atomic E-state index is 10.8. The average Bonchev–Trinajstić information content (AvgIpc) is 2.30. The molecule has 0 radical (unpaired) electrons. The molecule has 1 heterocycles. The molecule has 1 aliphatic rings. The predicted octanol–water partition coefficient (Wildman–Crippen LogP) is 0.191. The molecule has 0 aliphatic carbocycles. The Morgan fingerprint density at radius 1 is 1.11 bits per heavy atom. The van der Waals surface area contributed by atoms with E-state index in [1.807, 2.05) is 0 Å². The van der Waals surface area contributed by atoms with Crippen molar-refractivity contribution in [2.45, 2.75) is 18.1 Å².